The number of hydrogen-bond donors (Lipinski definition) is 2. The Morgan fingerprint density at radius 1 is 1.35 bits per heavy atom. The molecular weight excluding hydrogens is 300 g/mol. The van der Waals surface area contributed by atoms with E-state index in [4.69, 9.17) is 0 Å². The largest absolute Gasteiger partial charge is 0.393 e. The predicted molar refractivity (Wildman–Crippen MR) is 87.6 cm³/mol. The van der Waals surface area contributed by atoms with E-state index in [1.54, 1.807) is 6.07 Å². The smallest absolute Gasteiger partial charge is 0.193 e. The molecule has 0 spiro atoms. The molecule has 1 aliphatic heterocycles. The Morgan fingerprint density at radius 3 is 2.65 bits per heavy atom. The Hall–Kier alpha value is -1.69. The maximum atomic E-state index is 13.3. The molecule has 0 aliphatic carbocycles. The van der Waals surface area contributed by atoms with E-state index in [9.17, 15) is 13.9 Å². The quantitative estimate of drug-likeness (QED) is 0.660. The molecule has 6 heteroatoms. The van der Waals surface area contributed by atoms with Crippen molar-refractivity contribution in [2.45, 2.75) is 38.7 Å². The first kappa shape index (κ1) is 17.7. The van der Waals surface area contributed by atoms with Gasteiger partial charge in [0.2, 0.25) is 0 Å². The van der Waals surface area contributed by atoms with Crippen molar-refractivity contribution < 1.29 is 13.9 Å². The summed E-state index contributed by atoms with van der Waals surface area (Å²) in [5, 5.41) is 12.9. The highest BCUT2D eigenvalue weighted by molar-refractivity contribution is 5.80. The summed E-state index contributed by atoms with van der Waals surface area (Å²) in [7, 11) is 0. The molecule has 0 aromatic heterocycles. The van der Waals surface area contributed by atoms with Gasteiger partial charge < -0.3 is 15.3 Å². The minimum Gasteiger partial charge on any atom is -0.393 e. The molecule has 0 radical (unpaired) electrons. The van der Waals surface area contributed by atoms with Crippen LogP contribution in [0.25, 0.3) is 0 Å². The molecule has 0 bridgehead atoms. The Labute approximate surface area is 136 Å². The second-order valence-corrected chi connectivity index (χ2v) is 5.99. The number of guanidine groups is 1. The van der Waals surface area contributed by atoms with Crippen molar-refractivity contribution in [3.8, 4) is 0 Å². The summed E-state index contributed by atoms with van der Waals surface area (Å²) in [5.74, 6) is -0.845. The molecule has 2 N–H and O–H groups in total. The molecule has 1 saturated heterocycles. The highest BCUT2D eigenvalue weighted by Gasteiger charge is 2.20. The summed E-state index contributed by atoms with van der Waals surface area (Å²) in [4.78, 5) is 6.76. The molecule has 1 fully saturated rings. The second-order valence-electron chi connectivity index (χ2n) is 5.99. The van der Waals surface area contributed by atoms with Crippen LogP contribution < -0.4 is 5.32 Å². The first-order valence-electron chi connectivity index (χ1n) is 8.17. The molecule has 1 aromatic rings. The average molecular weight is 325 g/mol. The molecule has 0 amide bonds. The number of nitrogens with one attached hydrogen (secondary N) is 1. The zero-order valence-corrected chi connectivity index (χ0v) is 13.7. The predicted octanol–water partition coefficient (Wildman–Crippen LogP) is 2.49. The van der Waals surface area contributed by atoms with E-state index >= 15 is 0 Å². The van der Waals surface area contributed by atoms with Gasteiger partial charge in [-0.05, 0) is 37.5 Å². The van der Waals surface area contributed by atoms with Crippen molar-refractivity contribution in [2.24, 2.45) is 4.99 Å². The molecule has 128 valence electrons. The molecule has 2 rings (SSSR count). The molecule has 1 heterocycles. The van der Waals surface area contributed by atoms with Crippen molar-refractivity contribution in [3.05, 3.63) is 35.4 Å². The molecule has 1 aromatic carbocycles. The lowest BCUT2D eigenvalue weighted by molar-refractivity contribution is 0.108. The number of aliphatic imine (C=N–C) groups is 1. The fourth-order valence-corrected chi connectivity index (χ4v) is 2.65. The first-order chi connectivity index (χ1) is 11.0. The van der Waals surface area contributed by atoms with Crippen molar-refractivity contribution in [1.29, 1.82) is 0 Å². The monoisotopic (exact) mass is 325 g/mol. The van der Waals surface area contributed by atoms with E-state index in [1.807, 2.05) is 13.8 Å². The van der Waals surface area contributed by atoms with Crippen LogP contribution in [0.4, 0.5) is 8.78 Å². The first-order valence-corrected chi connectivity index (χ1v) is 8.17. The number of halogens is 2. The third-order valence-electron chi connectivity index (χ3n) is 4.13. The molecule has 1 atom stereocenters. The van der Waals surface area contributed by atoms with Crippen LogP contribution in [0.5, 0.6) is 0 Å². The van der Waals surface area contributed by atoms with Crippen LogP contribution in [0.1, 0.15) is 38.2 Å². The van der Waals surface area contributed by atoms with Gasteiger partial charge >= 0.3 is 0 Å². The van der Waals surface area contributed by atoms with Crippen LogP contribution in [0.15, 0.2) is 23.2 Å². The third-order valence-corrected chi connectivity index (χ3v) is 4.13. The van der Waals surface area contributed by atoms with Crippen molar-refractivity contribution in [2.75, 3.05) is 26.2 Å². The third kappa shape index (κ3) is 4.89. The summed E-state index contributed by atoms with van der Waals surface area (Å²) in [6.07, 6.45) is 1.25. The summed E-state index contributed by atoms with van der Waals surface area (Å²) < 4.78 is 26.3. The van der Waals surface area contributed by atoms with Gasteiger partial charge in [-0.3, -0.25) is 4.99 Å². The van der Waals surface area contributed by atoms with E-state index in [1.165, 1.54) is 6.07 Å². The zero-order chi connectivity index (χ0) is 16.8. The van der Waals surface area contributed by atoms with Gasteiger partial charge in [0.1, 0.15) is 0 Å². The highest BCUT2D eigenvalue weighted by atomic mass is 19.2. The topological polar surface area (TPSA) is 47.9 Å². The van der Waals surface area contributed by atoms with E-state index in [2.05, 4.69) is 15.2 Å². The normalized spacial score (nSPS) is 18.1. The summed E-state index contributed by atoms with van der Waals surface area (Å²) >= 11 is 0. The Morgan fingerprint density at radius 2 is 2.04 bits per heavy atom. The van der Waals surface area contributed by atoms with Gasteiger partial charge in [-0.15, -0.1) is 0 Å². The standard InChI is InChI=1S/C17H25F2N3O/c1-3-20-17(22-8-6-14(23)7-9-22)21-11-12(2)13-4-5-15(18)16(19)10-13/h4-5,10,12,14,23H,3,6-9,11H2,1-2H3,(H,20,21). The minimum atomic E-state index is -0.829. The summed E-state index contributed by atoms with van der Waals surface area (Å²) in [5.41, 5.74) is 0.734. The van der Waals surface area contributed by atoms with Gasteiger partial charge in [0, 0.05) is 32.1 Å². The van der Waals surface area contributed by atoms with E-state index in [-0.39, 0.29) is 12.0 Å². The fraction of sp³-hybridized carbons (Fsp3) is 0.588. The molecule has 1 unspecified atom stereocenters. The van der Waals surface area contributed by atoms with Crippen molar-refractivity contribution in [1.82, 2.24) is 10.2 Å². The van der Waals surface area contributed by atoms with Gasteiger partial charge in [0.05, 0.1) is 6.10 Å². The lowest BCUT2D eigenvalue weighted by Crippen LogP contribution is -2.46. The van der Waals surface area contributed by atoms with Crippen molar-refractivity contribution >= 4 is 5.96 Å². The Balaban J connectivity index is 2.02. The van der Waals surface area contributed by atoms with Gasteiger partial charge in [0.15, 0.2) is 17.6 Å². The molecule has 0 saturated carbocycles. The van der Waals surface area contributed by atoms with Gasteiger partial charge in [0.25, 0.3) is 0 Å². The minimum absolute atomic E-state index is 0.00543. The summed E-state index contributed by atoms with van der Waals surface area (Å²) in [6, 6.07) is 3.99. The fourth-order valence-electron chi connectivity index (χ4n) is 2.65. The van der Waals surface area contributed by atoms with Crippen LogP contribution >= 0.6 is 0 Å². The van der Waals surface area contributed by atoms with Crippen LogP contribution in [0.2, 0.25) is 0 Å². The molecule has 4 nitrogen and oxygen atoms in total. The van der Waals surface area contributed by atoms with E-state index in [0.29, 0.717) is 6.54 Å². The number of nitrogens with zero attached hydrogens (tertiary/aromatic N) is 2. The van der Waals surface area contributed by atoms with Crippen LogP contribution in [-0.2, 0) is 0 Å². The summed E-state index contributed by atoms with van der Waals surface area (Å²) in [6.45, 7) is 6.75. The van der Waals surface area contributed by atoms with Crippen LogP contribution in [0.3, 0.4) is 0 Å². The zero-order valence-electron chi connectivity index (χ0n) is 13.7. The number of aliphatic hydroxyl groups is 1. The number of benzene rings is 1. The number of rotatable bonds is 4. The van der Waals surface area contributed by atoms with Gasteiger partial charge in [-0.1, -0.05) is 13.0 Å². The number of likely N-dealkylation sites (tertiary alicyclic amines) is 1. The lowest BCUT2D eigenvalue weighted by Gasteiger charge is -2.32. The van der Waals surface area contributed by atoms with Crippen LogP contribution in [0, 0.1) is 11.6 Å². The van der Waals surface area contributed by atoms with Crippen molar-refractivity contribution in [3.63, 3.8) is 0 Å². The SMILES string of the molecule is CCNC(=NCC(C)c1ccc(F)c(F)c1)N1CCC(O)CC1. The van der Waals surface area contributed by atoms with Gasteiger partial charge in [-0.2, -0.15) is 0 Å². The maximum absolute atomic E-state index is 13.3. The maximum Gasteiger partial charge on any atom is 0.193 e. The van der Waals surface area contributed by atoms with Crippen LogP contribution in [-0.4, -0.2) is 48.2 Å². The number of hydrogen-bond acceptors (Lipinski definition) is 2. The molecule has 23 heavy (non-hydrogen) atoms. The Kier molecular flexibility index (Phi) is 6.33. The average Bonchev–Trinajstić information content (AvgIpc) is 2.54. The number of piperidine rings is 1. The lowest BCUT2D eigenvalue weighted by atomic mass is 10.0. The number of aliphatic hydroxyl groups excluding tert-OH is 1. The molecular formula is C17H25F2N3O. The Bertz CT molecular complexity index is 543. The van der Waals surface area contributed by atoms with E-state index in [0.717, 1.165) is 50.1 Å². The second kappa shape index (κ2) is 8.24. The highest BCUT2D eigenvalue weighted by Crippen LogP contribution is 2.19. The van der Waals surface area contributed by atoms with E-state index < -0.39 is 11.6 Å². The molecule has 1 aliphatic rings. The van der Waals surface area contributed by atoms with Gasteiger partial charge in [-0.25, -0.2) is 8.78 Å².